The van der Waals surface area contributed by atoms with Crippen LogP contribution in [-0.4, -0.2) is 44.4 Å². The largest absolute Gasteiger partial charge is 0.497 e. The molecule has 1 fully saturated rings. The Kier molecular flexibility index (Phi) is 4.16. The first-order chi connectivity index (χ1) is 13.7. The second-order valence-electron chi connectivity index (χ2n) is 7.48. The first-order valence-electron chi connectivity index (χ1n) is 9.69. The number of methoxy groups -OCH3 is 1. The van der Waals surface area contributed by atoms with E-state index in [2.05, 4.69) is 12.1 Å². The molecular weight excluding hydrogens is 358 g/mol. The lowest BCUT2D eigenvalue weighted by atomic mass is 9.79. The molecule has 0 bridgehead atoms. The molecule has 3 heterocycles. The number of benzene rings is 2. The number of hydrogen-bond acceptors (Lipinski definition) is 5. The summed E-state index contributed by atoms with van der Waals surface area (Å²) in [7, 11) is 1.69. The normalized spacial score (nSPS) is 19.4. The van der Waals surface area contributed by atoms with E-state index in [1.807, 2.05) is 11.0 Å². The van der Waals surface area contributed by atoms with Crippen LogP contribution >= 0.6 is 0 Å². The zero-order valence-electron chi connectivity index (χ0n) is 15.9. The highest BCUT2D eigenvalue weighted by Crippen LogP contribution is 2.43. The third kappa shape index (κ3) is 2.79. The van der Waals surface area contributed by atoms with Gasteiger partial charge in [-0.05, 0) is 60.7 Å². The van der Waals surface area contributed by atoms with Crippen molar-refractivity contribution in [2.45, 2.75) is 24.9 Å². The van der Waals surface area contributed by atoms with Crippen LogP contribution in [0.15, 0.2) is 36.4 Å². The van der Waals surface area contributed by atoms with Gasteiger partial charge in [0.1, 0.15) is 5.75 Å². The summed E-state index contributed by atoms with van der Waals surface area (Å²) in [6.07, 6.45) is 2.49. The van der Waals surface area contributed by atoms with Gasteiger partial charge in [0.25, 0.3) is 5.91 Å². The Morgan fingerprint density at radius 3 is 2.71 bits per heavy atom. The lowest BCUT2D eigenvalue weighted by molar-refractivity contribution is -0.0935. The minimum Gasteiger partial charge on any atom is -0.497 e. The summed E-state index contributed by atoms with van der Waals surface area (Å²) < 4.78 is 22.4. The molecule has 1 saturated heterocycles. The first kappa shape index (κ1) is 17.4. The quantitative estimate of drug-likeness (QED) is 0.800. The van der Waals surface area contributed by atoms with Gasteiger partial charge in [-0.2, -0.15) is 0 Å². The summed E-state index contributed by atoms with van der Waals surface area (Å²) in [5, 5.41) is 0. The number of amides is 1. The molecule has 146 valence electrons. The highest BCUT2D eigenvalue weighted by atomic mass is 16.7. The van der Waals surface area contributed by atoms with Gasteiger partial charge in [0.15, 0.2) is 11.5 Å². The molecule has 6 heteroatoms. The van der Waals surface area contributed by atoms with Crippen LogP contribution in [0.3, 0.4) is 0 Å². The van der Waals surface area contributed by atoms with Gasteiger partial charge in [0.2, 0.25) is 6.79 Å². The van der Waals surface area contributed by atoms with Crippen molar-refractivity contribution in [1.29, 1.82) is 0 Å². The Labute approximate surface area is 163 Å². The summed E-state index contributed by atoms with van der Waals surface area (Å²) in [5.74, 6) is 2.24. The van der Waals surface area contributed by atoms with E-state index >= 15 is 0 Å². The number of carbonyl (C=O) groups excluding carboxylic acids is 1. The summed E-state index contributed by atoms with van der Waals surface area (Å²) in [6, 6.07) is 11.6. The molecule has 1 amide bonds. The molecule has 28 heavy (non-hydrogen) atoms. The monoisotopic (exact) mass is 381 g/mol. The molecule has 5 rings (SSSR count). The predicted molar refractivity (Wildman–Crippen MR) is 102 cm³/mol. The zero-order chi connectivity index (χ0) is 19.1. The molecule has 0 unspecified atom stereocenters. The number of hydrogen-bond donors (Lipinski definition) is 0. The van der Waals surface area contributed by atoms with Crippen LogP contribution in [0.1, 0.15) is 34.3 Å². The summed E-state index contributed by atoms with van der Waals surface area (Å²) >= 11 is 0. The maximum Gasteiger partial charge on any atom is 0.253 e. The predicted octanol–water partition coefficient (Wildman–Crippen LogP) is 3.13. The van der Waals surface area contributed by atoms with Gasteiger partial charge in [0, 0.05) is 18.7 Å². The topological polar surface area (TPSA) is 57.2 Å². The molecule has 0 saturated carbocycles. The SMILES string of the molecule is COc1ccc2c(c1)CCOC21CCN(C(=O)c2ccc3c(c2)OCO3)CC1. The van der Waals surface area contributed by atoms with Crippen LogP contribution in [0.5, 0.6) is 17.2 Å². The van der Waals surface area contributed by atoms with Crippen molar-refractivity contribution in [1.82, 2.24) is 4.90 Å². The smallest absolute Gasteiger partial charge is 0.253 e. The van der Waals surface area contributed by atoms with Crippen molar-refractivity contribution in [3.8, 4) is 17.2 Å². The van der Waals surface area contributed by atoms with E-state index in [0.717, 1.165) is 25.0 Å². The van der Waals surface area contributed by atoms with E-state index in [0.29, 0.717) is 36.8 Å². The van der Waals surface area contributed by atoms with Crippen molar-refractivity contribution in [3.63, 3.8) is 0 Å². The maximum absolute atomic E-state index is 13.0. The fourth-order valence-corrected chi connectivity index (χ4v) is 4.48. The van der Waals surface area contributed by atoms with E-state index in [-0.39, 0.29) is 18.3 Å². The number of nitrogens with zero attached hydrogens (tertiary/aromatic N) is 1. The highest BCUT2D eigenvalue weighted by Gasteiger charge is 2.42. The van der Waals surface area contributed by atoms with Gasteiger partial charge in [-0.1, -0.05) is 6.07 Å². The van der Waals surface area contributed by atoms with Gasteiger partial charge in [-0.15, -0.1) is 0 Å². The molecule has 0 aromatic heterocycles. The van der Waals surface area contributed by atoms with Crippen molar-refractivity contribution in [3.05, 3.63) is 53.1 Å². The van der Waals surface area contributed by atoms with Crippen LogP contribution in [0.2, 0.25) is 0 Å². The van der Waals surface area contributed by atoms with Crippen LogP contribution < -0.4 is 14.2 Å². The summed E-state index contributed by atoms with van der Waals surface area (Å²) in [6.45, 7) is 2.24. The summed E-state index contributed by atoms with van der Waals surface area (Å²) in [4.78, 5) is 14.9. The molecule has 1 spiro atoms. The van der Waals surface area contributed by atoms with Crippen LogP contribution in [0.25, 0.3) is 0 Å². The molecule has 0 radical (unpaired) electrons. The van der Waals surface area contributed by atoms with Crippen molar-refractivity contribution < 1.29 is 23.7 Å². The maximum atomic E-state index is 13.0. The van der Waals surface area contributed by atoms with Crippen molar-refractivity contribution >= 4 is 5.91 Å². The minimum atomic E-state index is -0.300. The molecule has 6 nitrogen and oxygen atoms in total. The second-order valence-corrected chi connectivity index (χ2v) is 7.48. The fourth-order valence-electron chi connectivity index (χ4n) is 4.48. The van der Waals surface area contributed by atoms with Gasteiger partial charge >= 0.3 is 0 Å². The molecule has 2 aromatic carbocycles. The number of carbonyl (C=O) groups is 1. The van der Waals surface area contributed by atoms with E-state index < -0.39 is 0 Å². The van der Waals surface area contributed by atoms with Gasteiger partial charge in [-0.25, -0.2) is 0 Å². The van der Waals surface area contributed by atoms with Gasteiger partial charge < -0.3 is 23.8 Å². The molecule has 0 atom stereocenters. The van der Waals surface area contributed by atoms with Crippen LogP contribution in [0.4, 0.5) is 0 Å². The average molecular weight is 381 g/mol. The Bertz CT molecular complexity index is 917. The Morgan fingerprint density at radius 1 is 1.07 bits per heavy atom. The Morgan fingerprint density at radius 2 is 1.89 bits per heavy atom. The van der Waals surface area contributed by atoms with E-state index in [1.54, 1.807) is 25.3 Å². The third-order valence-corrected chi connectivity index (χ3v) is 6.03. The zero-order valence-corrected chi connectivity index (χ0v) is 15.9. The molecule has 2 aromatic rings. The number of piperidine rings is 1. The van der Waals surface area contributed by atoms with Crippen molar-refractivity contribution in [2.75, 3.05) is 33.6 Å². The van der Waals surface area contributed by atoms with Gasteiger partial charge in [-0.3, -0.25) is 4.79 Å². The fraction of sp³-hybridized carbons (Fsp3) is 0.409. The van der Waals surface area contributed by atoms with Crippen LogP contribution in [0, 0.1) is 0 Å². The standard InChI is InChI=1S/C22H23NO5/c1-25-17-3-4-18-15(12-17)6-11-28-22(18)7-9-23(10-8-22)21(24)16-2-5-19-20(13-16)27-14-26-19/h2-5,12-13H,6-11,14H2,1H3. The van der Waals surface area contributed by atoms with E-state index in [9.17, 15) is 4.79 Å². The number of rotatable bonds is 2. The van der Waals surface area contributed by atoms with Crippen LogP contribution in [-0.2, 0) is 16.8 Å². The molecular formula is C22H23NO5. The molecule has 0 aliphatic carbocycles. The number of ether oxygens (including phenoxy) is 4. The lowest BCUT2D eigenvalue weighted by Gasteiger charge is -2.45. The Hall–Kier alpha value is -2.73. The average Bonchev–Trinajstić information content (AvgIpc) is 3.21. The van der Waals surface area contributed by atoms with Crippen molar-refractivity contribution in [2.24, 2.45) is 0 Å². The Balaban J connectivity index is 1.34. The van der Waals surface area contributed by atoms with E-state index in [4.69, 9.17) is 18.9 Å². The molecule has 0 N–H and O–H groups in total. The number of fused-ring (bicyclic) bond motifs is 3. The molecule has 3 aliphatic heterocycles. The second kappa shape index (κ2) is 6.71. The van der Waals surface area contributed by atoms with E-state index in [1.165, 1.54) is 11.1 Å². The molecule has 3 aliphatic rings. The summed E-state index contributed by atoms with van der Waals surface area (Å²) in [5.41, 5.74) is 2.87. The third-order valence-electron chi connectivity index (χ3n) is 6.03. The number of likely N-dealkylation sites (tertiary alicyclic amines) is 1. The highest BCUT2D eigenvalue weighted by molar-refractivity contribution is 5.95. The minimum absolute atomic E-state index is 0.0268. The first-order valence-corrected chi connectivity index (χ1v) is 9.69. The van der Waals surface area contributed by atoms with Gasteiger partial charge in [0.05, 0.1) is 19.3 Å². The lowest BCUT2D eigenvalue weighted by Crippen LogP contribution is -2.48.